The summed E-state index contributed by atoms with van der Waals surface area (Å²) < 4.78 is 0. The van der Waals surface area contributed by atoms with Gasteiger partial charge in [-0.3, -0.25) is 4.79 Å². The summed E-state index contributed by atoms with van der Waals surface area (Å²) in [7, 11) is 0. The second-order valence-corrected chi connectivity index (χ2v) is 4.56. The summed E-state index contributed by atoms with van der Waals surface area (Å²) in [4.78, 5) is 22.1. The molecule has 1 aromatic carbocycles. The normalized spacial score (nSPS) is 12.3. The number of amides is 1. The van der Waals surface area contributed by atoms with Crippen molar-refractivity contribution in [3.63, 3.8) is 0 Å². The van der Waals surface area contributed by atoms with Crippen molar-refractivity contribution in [3.05, 3.63) is 35.9 Å². The molecular formula is C15H19NO3. The van der Waals surface area contributed by atoms with Gasteiger partial charge in [-0.05, 0) is 29.7 Å². The van der Waals surface area contributed by atoms with E-state index in [1.54, 1.807) is 24.3 Å². The minimum atomic E-state index is -0.981. The van der Waals surface area contributed by atoms with E-state index in [0.29, 0.717) is 12.3 Å². The molecule has 1 aromatic rings. The van der Waals surface area contributed by atoms with Crippen LogP contribution in [0.25, 0.3) is 6.08 Å². The first-order valence-electron chi connectivity index (χ1n) is 6.32. The highest BCUT2D eigenvalue weighted by Gasteiger charge is 2.07. The van der Waals surface area contributed by atoms with Crippen LogP contribution < -0.4 is 5.32 Å². The first-order chi connectivity index (χ1) is 9.01. The third-order valence-electron chi connectivity index (χ3n) is 2.84. The standard InChI is InChI=1S/C15H19NO3/c1-3-11(2)10-14(17)16-13-7-4-12(5-8-13)6-9-15(18)19/h4-9,11H,3,10H2,1-2H3,(H,16,17)(H,18,19)/b9-6+. The Labute approximate surface area is 113 Å². The third kappa shape index (κ3) is 5.86. The summed E-state index contributed by atoms with van der Waals surface area (Å²) >= 11 is 0. The Hall–Kier alpha value is -2.10. The highest BCUT2D eigenvalue weighted by molar-refractivity contribution is 5.91. The zero-order valence-electron chi connectivity index (χ0n) is 11.2. The number of hydrogen-bond acceptors (Lipinski definition) is 2. The van der Waals surface area contributed by atoms with Crippen LogP contribution in [-0.2, 0) is 9.59 Å². The molecule has 4 heteroatoms. The fourth-order valence-corrected chi connectivity index (χ4v) is 1.52. The number of hydrogen-bond donors (Lipinski definition) is 2. The van der Waals surface area contributed by atoms with Crippen LogP contribution in [0.1, 0.15) is 32.3 Å². The first kappa shape index (κ1) is 15.0. The van der Waals surface area contributed by atoms with Crippen LogP contribution in [-0.4, -0.2) is 17.0 Å². The van der Waals surface area contributed by atoms with Gasteiger partial charge in [0.2, 0.25) is 5.91 Å². The number of aliphatic carboxylic acids is 1. The number of carbonyl (C=O) groups excluding carboxylic acids is 1. The topological polar surface area (TPSA) is 66.4 Å². The number of nitrogens with one attached hydrogen (secondary N) is 1. The maximum atomic E-state index is 11.7. The monoisotopic (exact) mass is 261 g/mol. The molecule has 19 heavy (non-hydrogen) atoms. The smallest absolute Gasteiger partial charge is 0.328 e. The molecule has 1 atom stereocenters. The number of carboxylic acid groups (broad SMARTS) is 1. The van der Waals surface area contributed by atoms with E-state index < -0.39 is 5.97 Å². The summed E-state index contributed by atoms with van der Waals surface area (Å²) in [6, 6.07) is 7.04. The molecule has 0 bridgehead atoms. The lowest BCUT2D eigenvalue weighted by Gasteiger charge is -2.09. The number of rotatable bonds is 6. The average Bonchev–Trinajstić information content (AvgIpc) is 2.37. The molecule has 102 valence electrons. The highest BCUT2D eigenvalue weighted by atomic mass is 16.4. The number of benzene rings is 1. The molecule has 1 unspecified atom stereocenters. The zero-order valence-corrected chi connectivity index (χ0v) is 11.2. The van der Waals surface area contributed by atoms with Crippen molar-refractivity contribution in [2.75, 3.05) is 5.32 Å². The fourth-order valence-electron chi connectivity index (χ4n) is 1.52. The second-order valence-electron chi connectivity index (χ2n) is 4.56. The Balaban J connectivity index is 2.57. The highest BCUT2D eigenvalue weighted by Crippen LogP contribution is 2.13. The van der Waals surface area contributed by atoms with Gasteiger partial charge >= 0.3 is 5.97 Å². The van der Waals surface area contributed by atoms with E-state index in [1.807, 2.05) is 6.92 Å². The molecule has 0 aromatic heterocycles. The average molecular weight is 261 g/mol. The molecule has 0 aliphatic carbocycles. The van der Waals surface area contributed by atoms with Crippen LogP contribution >= 0.6 is 0 Å². The van der Waals surface area contributed by atoms with Crippen LogP contribution in [0.5, 0.6) is 0 Å². The van der Waals surface area contributed by atoms with Crippen LogP contribution in [0.2, 0.25) is 0 Å². The maximum Gasteiger partial charge on any atom is 0.328 e. The first-order valence-corrected chi connectivity index (χ1v) is 6.32. The number of carbonyl (C=O) groups is 2. The molecule has 0 radical (unpaired) electrons. The molecule has 1 rings (SSSR count). The molecule has 0 saturated carbocycles. The van der Waals surface area contributed by atoms with Gasteiger partial charge in [-0.15, -0.1) is 0 Å². The summed E-state index contributed by atoms with van der Waals surface area (Å²) in [5.74, 6) is -0.605. The lowest BCUT2D eigenvalue weighted by atomic mass is 10.0. The molecule has 1 amide bonds. The predicted octanol–water partition coefficient (Wildman–Crippen LogP) is 3.16. The van der Waals surface area contributed by atoms with Gasteiger partial charge < -0.3 is 10.4 Å². The van der Waals surface area contributed by atoms with Gasteiger partial charge in [0.1, 0.15) is 0 Å². The summed E-state index contributed by atoms with van der Waals surface area (Å²) in [5, 5.41) is 11.3. The SMILES string of the molecule is CCC(C)CC(=O)Nc1ccc(/C=C/C(=O)O)cc1. The van der Waals surface area contributed by atoms with Gasteiger partial charge in [-0.1, -0.05) is 32.4 Å². The zero-order chi connectivity index (χ0) is 14.3. The van der Waals surface area contributed by atoms with Crippen molar-refractivity contribution in [3.8, 4) is 0 Å². The van der Waals surface area contributed by atoms with E-state index in [1.165, 1.54) is 6.08 Å². The molecule has 2 N–H and O–H groups in total. The van der Waals surface area contributed by atoms with Gasteiger partial charge in [0.25, 0.3) is 0 Å². The predicted molar refractivity (Wildman–Crippen MR) is 75.8 cm³/mol. The van der Waals surface area contributed by atoms with Crippen molar-refractivity contribution >= 4 is 23.6 Å². The minimum Gasteiger partial charge on any atom is -0.478 e. The Morgan fingerprint density at radius 1 is 1.32 bits per heavy atom. The van der Waals surface area contributed by atoms with E-state index in [-0.39, 0.29) is 5.91 Å². The van der Waals surface area contributed by atoms with E-state index >= 15 is 0 Å². The molecule has 0 aliphatic rings. The van der Waals surface area contributed by atoms with Crippen molar-refractivity contribution in [2.24, 2.45) is 5.92 Å². The van der Waals surface area contributed by atoms with E-state index in [9.17, 15) is 9.59 Å². The summed E-state index contributed by atoms with van der Waals surface area (Å²) in [6.07, 6.45) is 4.08. The van der Waals surface area contributed by atoms with Crippen LogP contribution in [0.3, 0.4) is 0 Å². The largest absolute Gasteiger partial charge is 0.478 e. The van der Waals surface area contributed by atoms with E-state index in [4.69, 9.17) is 5.11 Å². The van der Waals surface area contributed by atoms with Crippen molar-refractivity contribution in [2.45, 2.75) is 26.7 Å². The molecule has 0 spiro atoms. The Kier molecular flexibility index (Phi) is 5.79. The molecular weight excluding hydrogens is 242 g/mol. The van der Waals surface area contributed by atoms with Crippen molar-refractivity contribution in [1.29, 1.82) is 0 Å². The third-order valence-corrected chi connectivity index (χ3v) is 2.84. The summed E-state index contributed by atoms with van der Waals surface area (Å²) in [6.45, 7) is 4.10. The van der Waals surface area contributed by atoms with Crippen LogP contribution in [0.4, 0.5) is 5.69 Å². The fraction of sp³-hybridized carbons (Fsp3) is 0.333. The number of carboxylic acids is 1. The van der Waals surface area contributed by atoms with Crippen molar-refractivity contribution < 1.29 is 14.7 Å². The lowest BCUT2D eigenvalue weighted by molar-refractivity contribution is -0.131. The van der Waals surface area contributed by atoms with E-state index in [0.717, 1.165) is 23.7 Å². The quantitative estimate of drug-likeness (QED) is 0.773. The molecule has 0 aliphatic heterocycles. The van der Waals surface area contributed by atoms with Gasteiger partial charge in [-0.25, -0.2) is 4.79 Å². The maximum absolute atomic E-state index is 11.7. The van der Waals surface area contributed by atoms with Gasteiger partial charge in [0.05, 0.1) is 0 Å². The van der Waals surface area contributed by atoms with Crippen LogP contribution in [0.15, 0.2) is 30.3 Å². The van der Waals surface area contributed by atoms with Gasteiger partial charge in [0, 0.05) is 18.2 Å². The molecule has 0 saturated heterocycles. The Morgan fingerprint density at radius 3 is 2.47 bits per heavy atom. The molecule has 0 heterocycles. The molecule has 4 nitrogen and oxygen atoms in total. The lowest BCUT2D eigenvalue weighted by Crippen LogP contribution is -2.14. The summed E-state index contributed by atoms with van der Waals surface area (Å²) in [5.41, 5.74) is 1.50. The second kappa shape index (κ2) is 7.36. The van der Waals surface area contributed by atoms with Gasteiger partial charge in [-0.2, -0.15) is 0 Å². The van der Waals surface area contributed by atoms with Crippen LogP contribution in [0, 0.1) is 5.92 Å². The van der Waals surface area contributed by atoms with E-state index in [2.05, 4.69) is 12.2 Å². The Bertz CT molecular complexity index is 463. The van der Waals surface area contributed by atoms with Crippen molar-refractivity contribution in [1.82, 2.24) is 0 Å². The Morgan fingerprint density at radius 2 is 1.95 bits per heavy atom. The van der Waals surface area contributed by atoms with Gasteiger partial charge in [0.15, 0.2) is 0 Å². The number of anilines is 1. The molecule has 0 fully saturated rings. The minimum absolute atomic E-state index is 0.00294.